The molecule has 0 spiro atoms. The Balaban J connectivity index is 2.19. The monoisotopic (exact) mass is 325 g/mol. The molecule has 2 rings (SSSR count). The predicted octanol–water partition coefficient (Wildman–Crippen LogP) is 4.96. The Morgan fingerprint density at radius 3 is 2.21 bits per heavy atom. The van der Waals surface area contributed by atoms with Crippen molar-refractivity contribution in [2.24, 2.45) is 0 Å². The lowest BCUT2D eigenvalue weighted by Gasteiger charge is -2.13. The standard InChI is InChI=1S/C15H14BrF2N/c1-9-3-10(2)15(14(16)4-9)19-8-11-5-12(17)7-13(18)6-11/h3-7,19H,8H2,1-2H3. The highest BCUT2D eigenvalue weighted by atomic mass is 79.9. The summed E-state index contributed by atoms with van der Waals surface area (Å²) in [7, 11) is 0. The zero-order valence-electron chi connectivity index (χ0n) is 10.7. The summed E-state index contributed by atoms with van der Waals surface area (Å²) in [6, 6.07) is 7.58. The third-order valence-corrected chi connectivity index (χ3v) is 3.45. The molecule has 2 aromatic rings. The van der Waals surface area contributed by atoms with E-state index in [9.17, 15) is 8.78 Å². The molecule has 100 valence electrons. The Labute approximate surface area is 119 Å². The zero-order valence-corrected chi connectivity index (χ0v) is 12.3. The average molecular weight is 326 g/mol. The van der Waals surface area contributed by atoms with Gasteiger partial charge in [-0.25, -0.2) is 8.78 Å². The summed E-state index contributed by atoms with van der Waals surface area (Å²) in [6.45, 7) is 4.38. The Bertz CT molecular complexity index is 568. The van der Waals surface area contributed by atoms with E-state index in [1.807, 2.05) is 19.9 Å². The van der Waals surface area contributed by atoms with Crippen molar-refractivity contribution in [3.63, 3.8) is 0 Å². The summed E-state index contributed by atoms with van der Waals surface area (Å²) in [5, 5.41) is 3.20. The van der Waals surface area contributed by atoms with E-state index in [1.165, 1.54) is 12.1 Å². The average Bonchev–Trinajstić information content (AvgIpc) is 2.25. The normalized spacial score (nSPS) is 10.6. The molecule has 0 aliphatic carbocycles. The van der Waals surface area contributed by atoms with Gasteiger partial charge in [0.1, 0.15) is 11.6 Å². The van der Waals surface area contributed by atoms with Crippen molar-refractivity contribution in [2.75, 3.05) is 5.32 Å². The molecule has 0 unspecified atom stereocenters. The van der Waals surface area contributed by atoms with E-state index in [2.05, 4.69) is 27.3 Å². The van der Waals surface area contributed by atoms with Crippen LogP contribution in [0.4, 0.5) is 14.5 Å². The van der Waals surface area contributed by atoms with Crippen LogP contribution in [-0.2, 0) is 6.54 Å². The van der Waals surface area contributed by atoms with Gasteiger partial charge in [-0.05, 0) is 64.7 Å². The molecule has 0 saturated heterocycles. The van der Waals surface area contributed by atoms with Crippen LogP contribution in [0.1, 0.15) is 16.7 Å². The van der Waals surface area contributed by atoms with Crippen LogP contribution in [0.3, 0.4) is 0 Å². The molecule has 2 aromatic carbocycles. The fourth-order valence-electron chi connectivity index (χ4n) is 2.04. The van der Waals surface area contributed by atoms with Crippen LogP contribution < -0.4 is 5.32 Å². The number of benzene rings is 2. The summed E-state index contributed by atoms with van der Waals surface area (Å²) in [5.74, 6) is -1.12. The molecule has 0 heterocycles. The van der Waals surface area contributed by atoms with Crippen LogP contribution in [0.15, 0.2) is 34.8 Å². The molecule has 0 aliphatic heterocycles. The molecule has 0 aliphatic rings. The van der Waals surface area contributed by atoms with Gasteiger partial charge < -0.3 is 5.32 Å². The molecular formula is C15H14BrF2N. The first-order chi connectivity index (χ1) is 8.95. The third-order valence-electron chi connectivity index (χ3n) is 2.82. The minimum Gasteiger partial charge on any atom is -0.380 e. The number of hydrogen-bond acceptors (Lipinski definition) is 1. The zero-order chi connectivity index (χ0) is 14.0. The molecule has 0 atom stereocenters. The first-order valence-corrected chi connectivity index (χ1v) is 6.70. The number of aryl methyl sites for hydroxylation is 2. The molecular weight excluding hydrogens is 312 g/mol. The van der Waals surface area contributed by atoms with Gasteiger partial charge in [0.05, 0.1) is 5.69 Å². The molecule has 0 amide bonds. The lowest BCUT2D eigenvalue weighted by atomic mass is 10.1. The predicted molar refractivity (Wildman–Crippen MR) is 77.3 cm³/mol. The van der Waals surface area contributed by atoms with Gasteiger partial charge in [0.15, 0.2) is 0 Å². The van der Waals surface area contributed by atoms with Gasteiger partial charge in [-0.15, -0.1) is 0 Å². The molecule has 0 aromatic heterocycles. The molecule has 0 bridgehead atoms. The summed E-state index contributed by atoms with van der Waals surface area (Å²) >= 11 is 3.49. The summed E-state index contributed by atoms with van der Waals surface area (Å²) in [6.07, 6.45) is 0. The Hall–Kier alpha value is -1.42. The highest BCUT2D eigenvalue weighted by molar-refractivity contribution is 9.10. The number of hydrogen-bond donors (Lipinski definition) is 1. The molecule has 1 N–H and O–H groups in total. The summed E-state index contributed by atoms with van der Waals surface area (Å²) in [4.78, 5) is 0. The van der Waals surface area contributed by atoms with E-state index in [0.717, 1.165) is 27.4 Å². The first-order valence-electron chi connectivity index (χ1n) is 5.91. The van der Waals surface area contributed by atoms with Crippen molar-refractivity contribution in [1.29, 1.82) is 0 Å². The maximum atomic E-state index is 13.1. The van der Waals surface area contributed by atoms with Gasteiger partial charge >= 0.3 is 0 Å². The van der Waals surface area contributed by atoms with Crippen molar-refractivity contribution in [1.82, 2.24) is 0 Å². The minimum absolute atomic E-state index is 0.372. The summed E-state index contributed by atoms with van der Waals surface area (Å²) in [5.41, 5.74) is 3.76. The van der Waals surface area contributed by atoms with Crippen LogP contribution in [-0.4, -0.2) is 0 Å². The van der Waals surface area contributed by atoms with Crippen molar-refractivity contribution >= 4 is 21.6 Å². The van der Waals surface area contributed by atoms with Crippen molar-refractivity contribution < 1.29 is 8.78 Å². The van der Waals surface area contributed by atoms with Crippen molar-refractivity contribution in [3.8, 4) is 0 Å². The second-order valence-electron chi connectivity index (χ2n) is 4.57. The van der Waals surface area contributed by atoms with Gasteiger partial charge in [-0.1, -0.05) is 6.07 Å². The van der Waals surface area contributed by atoms with Gasteiger partial charge in [0.25, 0.3) is 0 Å². The highest BCUT2D eigenvalue weighted by Crippen LogP contribution is 2.28. The van der Waals surface area contributed by atoms with E-state index in [0.29, 0.717) is 12.1 Å². The number of anilines is 1. The molecule has 0 fully saturated rings. The molecule has 19 heavy (non-hydrogen) atoms. The lowest BCUT2D eigenvalue weighted by molar-refractivity contribution is 0.580. The lowest BCUT2D eigenvalue weighted by Crippen LogP contribution is -2.03. The topological polar surface area (TPSA) is 12.0 Å². The fourth-order valence-corrected chi connectivity index (χ4v) is 2.86. The molecule has 0 saturated carbocycles. The smallest absolute Gasteiger partial charge is 0.126 e. The van der Waals surface area contributed by atoms with Gasteiger partial charge in [0, 0.05) is 17.1 Å². The van der Waals surface area contributed by atoms with Crippen molar-refractivity contribution in [3.05, 3.63) is 63.1 Å². The number of nitrogens with one attached hydrogen (secondary N) is 1. The quantitative estimate of drug-likeness (QED) is 0.841. The molecule has 4 heteroatoms. The largest absolute Gasteiger partial charge is 0.380 e. The Morgan fingerprint density at radius 1 is 1.00 bits per heavy atom. The van der Waals surface area contributed by atoms with Gasteiger partial charge in [0.2, 0.25) is 0 Å². The van der Waals surface area contributed by atoms with Crippen LogP contribution in [0.25, 0.3) is 0 Å². The van der Waals surface area contributed by atoms with Crippen LogP contribution in [0.2, 0.25) is 0 Å². The van der Waals surface area contributed by atoms with Crippen LogP contribution in [0, 0.1) is 25.5 Å². The van der Waals surface area contributed by atoms with E-state index in [-0.39, 0.29) is 0 Å². The SMILES string of the molecule is Cc1cc(C)c(NCc2cc(F)cc(F)c2)c(Br)c1. The maximum absolute atomic E-state index is 13.1. The third kappa shape index (κ3) is 3.53. The Morgan fingerprint density at radius 2 is 1.63 bits per heavy atom. The van der Waals surface area contributed by atoms with E-state index < -0.39 is 11.6 Å². The number of halogens is 3. The molecule has 0 radical (unpaired) electrons. The minimum atomic E-state index is -0.559. The van der Waals surface area contributed by atoms with Gasteiger partial charge in [-0.2, -0.15) is 0 Å². The fraction of sp³-hybridized carbons (Fsp3) is 0.200. The summed E-state index contributed by atoms with van der Waals surface area (Å²) < 4.78 is 27.1. The second-order valence-corrected chi connectivity index (χ2v) is 5.42. The maximum Gasteiger partial charge on any atom is 0.126 e. The molecule has 1 nitrogen and oxygen atoms in total. The second kappa shape index (κ2) is 5.70. The van der Waals surface area contributed by atoms with Gasteiger partial charge in [-0.3, -0.25) is 0 Å². The van der Waals surface area contributed by atoms with Crippen LogP contribution in [0.5, 0.6) is 0 Å². The highest BCUT2D eigenvalue weighted by Gasteiger charge is 2.06. The van der Waals surface area contributed by atoms with Crippen molar-refractivity contribution in [2.45, 2.75) is 20.4 Å². The Kier molecular flexibility index (Phi) is 4.20. The van der Waals surface area contributed by atoms with Crippen LogP contribution >= 0.6 is 15.9 Å². The number of rotatable bonds is 3. The van der Waals surface area contributed by atoms with E-state index >= 15 is 0 Å². The first kappa shape index (κ1) is 14.0. The van der Waals surface area contributed by atoms with E-state index in [1.54, 1.807) is 0 Å². The van der Waals surface area contributed by atoms with E-state index in [4.69, 9.17) is 0 Å².